The van der Waals surface area contributed by atoms with Gasteiger partial charge in [0.1, 0.15) is 17.3 Å². The summed E-state index contributed by atoms with van der Waals surface area (Å²) < 4.78 is 24.7. The standard InChI is InChI=1S/C16H17BrFNO2/c1-19-16(10-4-6-11(18)7-5-10)12-8-15(21-3)13(17)9-14(12)20-2/h4-9,16,19H,1-3H3. The maximum Gasteiger partial charge on any atom is 0.133 e. The van der Waals surface area contributed by atoms with Gasteiger partial charge in [0.2, 0.25) is 0 Å². The van der Waals surface area contributed by atoms with E-state index in [0.29, 0.717) is 5.75 Å². The van der Waals surface area contributed by atoms with Gasteiger partial charge in [0.25, 0.3) is 0 Å². The van der Waals surface area contributed by atoms with Crippen LogP contribution in [0.4, 0.5) is 4.39 Å². The number of rotatable bonds is 5. The molecule has 2 aromatic carbocycles. The lowest BCUT2D eigenvalue weighted by Crippen LogP contribution is -2.18. The molecule has 0 bridgehead atoms. The molecule has 0 heterocycles. The zero-order valence-electron chi connectivity index (χ0n) is 12.1. The molecule has 2 rings (SSSR count). The molecular weight excluding hydrogens is 337 g/mol. The summed E-state index contributed by atoms with van der Waals surface area (Å²) >= 11 is 3.44. The van der Waals surface area contributed by atoms with Gasteiger partial charge in [0.05, 0.1) is 24.7 Å². The lowest BCUT2D eigenvalue weighted by atomic mass is 9.97. The van der Waals surface area contributed by atoms with Crippen LogP contribution < -0.4 is 14.8 Å². The first kappa shape index (κ1) is 15.8. The predicted octanol–water partition coefficient (Wildman–Crippen LogP) is 3.91. The zero-order chi connectivity index (χ0) is 15.4. The molecule has 0 saturated heterocycles. The van der Waals surface area contributed by atoms with Crippen LogP contribution in [0.25, 0.3) is 0 Å². The van der Waals surface area contributed by atoms with E-state index in [1.165, 1.54) is 12.1 Å². The van der Waals surface area contributed by atoms with Gasteiger partial charge in [-0.25, -0.2) is 4.39 Å². The second-order valence-electron chi connectivity index (χ2n) is 4.50. The fourth-order valence-electron chi connectivity index (χ4n) is 2.27. The molecule has 1 N–H and O–H groups in total. The smallest absolute Gasteiger partial charge is 0.133 e. The highest BCUT2D eigenvalue weighted by atomic mass is 79.9. The highest BCUT2D eigenvalue weighted by Crippen LogP contribution is 2.37. The van der Waals surface area contributed by atoms with E-state index in [-0.39, 0.29) is 11.9 Å². The van der Waals surface area contributed by atoms with E-state index >= 15 is 0 Å². The van der Waals surface area contributed by atoms with E-state index < -0.39 is 0 Å². The molecule has 21 heavy (non-hydrogen) atoms. The summed E-state index contributed by atoms with van der Waals surface area (Å²) in [6.45, 7) is 0. The second-order valence-corrected chi connectivity index (χ2v) is 5.36. The quantitative estimate of drug-likeness (QED) is 0.883. The first-order chi connectivity index (χ1) is 10.1. The molecule has 0 amide bonds. The zero-order valence-corrected chi connectivity index (χ0v) is 13.7. The summed E-state index contributed by atoms with van der Waals surface area (Å²) in [7, 11) is 5.08. The average molecular weight is 354 g/mol. The van der Waals surface area contributed by atoms with E-state index in [4.69, 9.17) is 9.47 Å². The lowest BCUT2D eigenvalue weighted by Gasteiger charge is -2.21. The molecule has 0 aliphatic carbocycles. The van der Waals surface area contributed by atoms with Gasteiger partial charge in [0, 0.05) is 5.56 Å². The first-order valence-electron chi connectivity index (χ1n) is 6.44. The van der Waals surface area contributed by atoms with Crippen molar-refractivity contribution in [1.82, 2.24) is 5.32 Å². The van der Waals surface area contributed by atoms with Crippen molar-refractivity contribution in [2.75, 3.05) is 21.3 Å². The molecular formula is C16H17BrFNO2. The minimum atomic E-state index is -0.256. The lowest BCUT2D eigenvalue weighted by molar-refractivity contribution is 0.393. The highest BCUT2D eigenvalue weighted by Gasteiger charge is 2.19. The predicted molar refractivity (Wildman–Crippen MR) is 84.5 cm³/mol. The molecule has 0 aliphatic heterocycles. The molecule has 0 saturated carbocycles. The van der Waals surface area contributed by atoms with Crippen LogP contribution in [0.2, 0.25) is 0 Å². The van der Waals surface area contributed by atoms with Crippen LogP contribution in [0.3, 0.4) is 0 Å². The summed E-state index contributed by atoms with van der Waals surface area (Å²) in [6.07, 6.45) is 0. The van der Waals surface area contributed by atoms with E-state index in [1.54, 1.807) is 26.4 Å². The van der Waals surface area contributed by atoms with Crippen molar-refractivity contribution in [3.05, 3.63) is 57.8 Å². The van der Waals surface area contributed by atoms with Crippen LogP contribution in [-0.2, 0) is 0 Å². The molecule has 5 heteroatoms. The minimum absolute atomic E-state index is 0.123. The minimum Gasteiger partial charge on any atom is -0.496 e. The SMILES string of the molecule is CNC(c1ccc(F)cc1)c1cc(OC)c(Br)cc1OC. The Kier molecular flexibility index (Phi) is 5.20. The topological polar surface area (TPSA) is 30.5 Å². The third kappa shape index (κ3) is 3.36. The molecule has 3 nitrogen and oxygen atoms in total. The summed E-state index contributed by atoms with van der Waals surface area (Å²) in [5, 5.41) is 3.23. The van der Waals surface area contributed by atoms with Gasteiger partial charge >= 0.3 is 0 Å². The Morgan fingerprint density at radius 1 is 1.05 bits per heavy atom. The summed E-state index contributed by atoms with van der Waals surface area (Å²) in [5.74, 6) is 1.19. The Labute approximate surface area is 132 Å². The van der Waals surface area contributed by atoms with Gasteiger partial charge in [-0.3, -0.25) is 0 Å². The van der Waals surface area contributed by atoms with Crippen LogP contribution in [0, 0.1) is 5.82 Å². The average Bonchev–Trinajstić information content (AvgIpc) is 2.50. The van der Waals surface area contributed by atoms with Crippen LogP contribution in [0.1, 0.15) is 17.2 Å². The van der Waals surface area contributed by atoms with Crippen molar-refractivity contribution < 1.29 is 13.9 Å². The summed E-state index contributed by atoms with van der Waals surface area (Å²) in [4.78, 5) is 0. The van der Waals surface area contributed by atoms with Crippen molar-refractivity contribution in [3.8, 4) is 11.5 Å². The fourth-order valence-corrected chi connectivity index (χ4v) is 2.75. The molecule has 0 aromatic heterocycles. The second kappa shape index (κ2) is 6.91. The van der Waals surface area contributed by atoms with Gasteiger partial charge < -0.3 is 14.8 Å². The maximum absolute atomic E-state index is 13.1. The molecule has 2 aromatic rings. The van der Waals surface area contributed by atoms with Gasteiger partial charge in [-0.1, -0.05) is 12.1 Å². The molecule has 112 valence electrons. The van der Waals surface area contributed by atoms with E-state index in [1.807, 2.05) is 19.2 Å². The van der Waals surface area contributed by atoms with E-state index in [0.717, 1.165) is 21.3 Å². The van der Waals surface area contributed by atoms with Crippen molar-refractivity contribution in [2.45, 2.75) is 6.04 Å². The molecule has 1 atom stereocenters. The Balaban J connectivity index is 2.52. The van der Waals surface area contributed by atoms with Gasteiger partial charge in [0.15, 0.2) is 0 Å². The summed E-state index contributed by atoms with van der Waals surface area (Å²) in [5.41, 5.74) is 1.87. The third-order valence-electron chi connectivity index (χ3n) is 3.31. The maximum atomic E-state index is 13.1. The number of methoxy groups -OCH3 is 2. The highest BCUT2D eigenvalue weighted by molar-refractivity contribution is 9.10. The van der Waals surface area contributed by atoms with Crippen molar-refractivity contribution >= 4 is 15.9 Å². The number of nitrogens with one attached hydrogen (secondary N) is 1. The normalized spacial score (nSPS) is 12.0. The molecule has 0 spiro atoms. The number of benzene rings is 2. The Hall–Kier alpha value is -1.59. The fraction of sp³-hybridized carbons (Fsp3) is 0.250. The van der Waals surface area contributed by atoms with Crippen molar-refractivity contribution in [3.63, 3.8) is 0 Å². The van der Waals surface area contributed by atoms with Crippen molar-refractivity contribution in [2.24, 2.45) is 0 Å². The monoisotopic (exact) mass is 353 g/mol. The Morgan fingerprint density at radius 3 is 2.19 bits per heavy atom. The largest absolute Gasteiger partial charge is 0.496 e. The van der Waals surface area contributed by atoms with E-state index in [2.05, 4.69) is 21.2 Å². The molecule has 0 aliphatic rings. The number of halogens is 2. The molecule has 1 unspecified atom stereocenters. The molecule has 0 radical (unpaired) electrons. The molecule has 0 fully saturated rings. The van der Waals surface area contributed by atoms with Crippen molar-refractivity contribution in [1.29, 1.82) is 0 Å². The van der Waals surface area contributed by atoms with Crippen LogP contribution in [0.15, 0.2) is 40.9 Å². The summed E-state index contributed by atoms with van der Waals surface area (Å²) in [6, 6.07) is 10.1. The third-order valence-corrected chi connectivity index (χ3v) is 3.93. The van der Waals surface area contributed by atoms with Gasteiger partial charge in [-0.05, 0) is 52.8 Å². The van der Waals surface area contributed by atoms with Gasteiger partial charge in [-0.15, -0.1) is 0 Å². The number of hydrogen-bond acceptors (Lipinski definition) is 3. The number of hydrogen-bond donors (Lipinski definition) is 1. The Bertz CT molecular complexity index is 616. The first-order valence-corrected chi connectivity index (χ1v) is 7.24. The van der Waals surface area contributed by atoms with Gasteiger partial charge in [-0.2, -0.15) is 0 Å². The van der Waals surface area contributed by atoms with Crippen LogP contribution >= 0.6 is 15.9 Å². The number of ether oxygens (including phenoxy) is 2. The van der Waals surface area contributed by atoms with Crippen LogP contribution in [-0.4, -0.2) is 21.3 Å². The van der Waals surface area contributed by atoms with E-state index in [9.17, 15) is 4.39 Å². The Morgan fingerprint density at radius 2 is 1.67 bits per heavy atom. The van der Waals surface area contributed by atoms with Crippen LogP contribution in [0.5, 0.6) is 11.5 Å².